The molecule has 0 saturated carbocycles. The number of hydrogen-bond acceptors (Lipinski definition) is 3. The lowest BCUT2D eigenvalue weighted by Gasteiger charge is -2.14. The van der Waals surface area contributed by atoms with Gasteiger partial charge in [-0.3, -0.25) is 9.79 Å². The van der Waals surface area contributed by atoms with Crippen LogP contribution in [0.5, 0.6) is 5.75 Å². The Morgan fingerprint density at radius 3 is 2.56 bits per heavy atom. The van der Waals surface area contributed by atoms with Gasteiger partial charge in [-0.1, -0.05) is 24.3 Å². The van der Waals surface area contributed by atoms with Crippen molar-refractivity contribution in [3.8, 4) is 5.75 Å². The van der Waals surface area contributed by atoms with Crippen LogP contribution in [0.4, 0.5) is 4.39 Å². The number of halogens is 1. The number of para-hydroxylation sites is 1. The molecule has 6 nitrogen and oxygen atoms in total. The second-order valence-electron chi connectivity index (χ2n) is 5.88. The van der Waals surface area contributed by atoms with Gasteiger partial charge in [0, 0.05) is 37.8 Å². The van der Waals surface area contributed by atoms with Crippen molar-refractivity contribution in [1.29, 1.82) is 0 Å². The molecule has 0 bridgehead atoms. The molecule has 0 aliphatic heterocycles. The third-order valence-electron chi connectivity index (χ3n) is 4.00. The molecule has 7 heteroatoms. The first-order chi connectivity index (χ1) is 13.0. The van der Waals surface area contributed by atoms with E-state index in [1.807, 2.05) is 24.3 Å². The Bertz CT molecular complexity index is 808. The van der Waals surface area contributed by atoms with Crippen LogP contribution in [0, 0.1) is 12.7 Å². The molecule has 0 radical (unpaired) electrons. The van der Waals surface area contributed by atoms with Crippen molar-refractivity contribution in [2.45, 2.75) is 13.5 Å². The molecule has 0 aliphatic carbocycles. The Morgan fingerprint density at radius 2 is 1.85 bits per heavy atom. The van der Waals surface area contributed by atoms with Crippen LogP contribution in [0.15, 0.2) is 47.5 Å². The Morgan fingerprint density at radius 1 is 1.11 bits per heavy atom. The number of guanidine groups is 1. The first-order valence-electron chi connectivity index (χ1n) is 8.66. The van der Waals surface area contributed by atoms with E-state index in [0.717, 1.165) is 11.3 Å². The maximum absolute atomic E-state index is 13.5. The summed E-state index contributed by atoms with van der Waals surface area (Å²) in [4.78, 5) is 16.2. The summed E-state index contributed by atoms with van der Waals surface area (Å²) in [6.45, 7) is 3.07. The zero-order valence-corrected chi connectivity index (χ0v) is 15.8. The fraction of sp³-hybridized carbons (Fsp3) is 0.300. The predicted molar refractivity (Wildman–Crippen MR) is 105 cm³/mol. The molecule has 27 heavy (non-hydrogen) atoms. The van der Waals surface area contributed by atoms with Crippen LogP contribution in [0.3, 0.4) is 0 Å². The highest BCUT2D eigenvalue weighted by atomic mass is 19.1. The van der Waals surface area contributed by atoms with Gasteiger partial charge in [-0.25, -0.2) is 4.39 Å². The largest absolute Gasteiger partial charge is 0.496 e. The average Bonchev–Trinajstić information content (AvgIpc) is 2.69. The van der Waals surface area contributed by atoms with Crippen molar-refractivity contribution in [3.63, 3.8) is 0 Å². The molecule has 3 N–H and O–H groups in total. The molecular formula is C20H25FN4O2. The second-order valence-corrected chi connectivity index (χ2v) is 5.88. The van der Waals surface area contributed by atoms with Crippen molar-refractivity contribution < 1.29 is 13.9 Å². The van der Waals surface area contributed by atoms with E-state index < -0.39 is 0 Å². The quantitative estimate of drug-likeness (QED) is 0.396. The van der Waals surface area contributed by atoms with Crippen LogP contribution in [-0.2, 0) is 6.54 Å². The van der Waals surface area contributed by atoms with E-state index in [4.69, 9.17) is 4.74 Å². The summed E-state index contributed by atoms with van der Waals surface area (Å²) < 4.78 is 18.9. The molecule has 0 saturated heterocycles. The Kier molecular flexibility index (Phi) is 7.61. The second kappa shape index (κ2) is 10.2. The number of aliphatic imine (C=N–C) groups is 1. The number of methoxy groups -OCH3 is 1. The normalized spacial score (nSPS) is 11.0. The monoisotopic (exact) mass is 372 g/mol. The molecule has 0 spiro atoms. The van der Waals surface area contributed by atoms with Crippen molar-refractivity contribution in [1.82, 2.24) is 16.0 Å². The van der Waals surface area contributed by atoms with Gasteiger partial charge in [-0.15, -0.1) is 0 Å². The van der Waals surface area contributed by atoms with E-state index in [2.05, 4.69) is 20.9 Å². The van der Waals surface area contributed by atoms with Crippen LogP contribution in [0.2, 0.25) is 0 Å². The average molecular weight is 372 g/mol. The highest BCUT2D eigenvalue weighted by Crippen LogP contribution is 2.16. The van der Waals surface area contributed by atoms with Crippen molar-refractivity contribution in [2.75, 3.05) is 27.2 Å². The number of amides is 1. The van der Waals surface area contributed by atoms with E-state index in [0.29, 0.717) is 36.7 Å². The van der Waals surface area contributed by atoms with Gasteiger partial charge in [-0.05, 0) is 30.7 Å². The standard InChI is InChI=1S/C20H25FN4O2/c1-14-8-9-15(12-17(14)21)19(26)23-10-11-24-20(22-2)25-13-16-6-4-5-7-18(16)27-3/h4-9,12H,10-11,13H2,1-3H3,(H,23,26)(H2,22,24,25). The van der Waals surface area contributed by atoms with Crippen LogP contribution < -0.4 is 20.7 Å². The number of ether oxygens (including phenoxy) is 1. The van der Waals surface area contributed by atoms with Gasteiger partial charge in [0.25, 0.3) is 5.91 Å². The van der Waals surface area contributed by atoms with Gasteiger partial charge >= 0.3 is 0 Å². The van der Waals surface area contributed by atoms with Gasteiger partial charge in [-0.2, -0.15) is 0 Å². The van der Waals surface area contributed by atoms with E-state index >= 15 is 0 Å². The van der Waals surface area contributed by atoms with Crippen LogP contribution in [0.25, 0.3) is 0 Å². The molecule has 2 aromatic rings. The zero-order chi connectivity index (χ0) is 19.6. The van der Waals surface area contributed by atoms with Gasteiger partial charge in [0.05, 0.1) is 7.11 Å². The Labute approximate surface area is 158 Å². The lowest BCUT2D eigenvalue weighted by molar-refractivity contribution is 0.0954. The van der Waals surface area contributed by atoms with Crippen LogP contribution in [-0.4, -0.2) is 39.1 Å². The molecule has 2 aromatic carbocycles. The smallest absolute Gasteiger partial charge is 0.251 e. The van der Waals surface area contributed by atoms with Gasteiger partial charge < -0.3 is 20.7 Å². The molecular weight excluding hydrogens is 347 g/mol. The third-order valence-corrected chi connectivity index (χ3v) is 4.00. The molecule has 0 heterocycles. The Hall–Kier alpha value is -3.09. The summed E-state index contributed by atoms with van der Waals surface area (Å²) in [5, 5.41) is 9.05. The highest BCUT2D eigenvalue weighted by Gasteiger charge is 2.08. The van der Waals surface area contributed by atoms with Gasteiger partial charge in [0.2, 0.25) is 0 Å². The summed E-state index contributed by atoms with van der Waals surface area (Å²) in [7, 11) is 3.31. The molecule has 0 aliphatic rings. The first-order valence-corrected chi connectivity index (χ1v) is 8.66. The van der Waals surface area contributed by atoms with Crippen molar-refractivity contribution in [3.05, 3.63) is 65.0 Å². The fourth-order valence-electron chi connectivity index (χ4n) is 2.44. The zero-order valence-electron chi connectivity index (χ0n) is 15.8. The number of nitrogens with one attached hydrogen (secondary N) is 3. The molecule has 1 amide bonds. The highest BCUT2D eigenvalue weighted by molar-refractivity contribution is 5.94. The van der Waals surface area contributed by atoms with E-state index in [9.17, 15) is 9.18 Å². The lowest BCUT2D eigenvalue weighted by Crippen LogP contribution is -2.41. The molecule has 0 fully saturated rings. The maximum atomic E-state index is 13.5. The number of rotatable bonds is 7. The maximum Gasteiger partial charge on any atom is 0.251 e. The van der Waals surface area contributed by atoms with Crippen molar-refractivity contribution in [2.24, 2.45) is 4.99 Å². The molecule has 144 valence electrons. The minimum absolute atomic E-state index is 0.303. The number of aryl methyl sites for hydroxylation is 1. The number of carbonyl (C=O) groups excluding carboxylic acids is 1. The first kappa shape index (κ1) is 20.2. The van der Waals surface area contributed by atoms with E-state index in [-0.39, 0.29) is 11.7 Å². The summed E-state index contributed by atoms with van der Waals surface area (Å²) >= 11 is 0. The Balaban J connectivity index is 1.76. The van der Waals surface area contributed by atoms with Gasteiger partial charge in [0.1, 0.15) is 11.6 Å². The van der Waals surface area contributed by atoms with Crippen molar-refractivity contribution >= 4 is 11.9 Å². The van der Waals surface area contributed by atoms with E-state index in [1.165, 1.54) is 6.07 Å². The topological polar surface area (TPSA) is 74.8 Å². The predicted octanol–water partition coefficient (Wildman–Crippen LogP) is 2.24. The van der Waals surface area contributed by atoms with E-state index in [1.54, 1.807) is 33.2 Å². The SMILES string of the molecule is CN=C(NCCNC(=O)c1ccc(C)c(F)c1)NCc1ccccc1OC. The minimum Gasteiger partial charge on any atom is -0.496 e. The summed E-state index contributed by atoms with van der Waals surface area (Å²) in [6.07, 6.45) is 0. The number of carbonyl (C=O) groups is 1. The number of nitrogens with zero attached hydrogens (tertiary/aromatic N) is 1. The van der Waals surface area contributed by atoms with Gasteiger partial charge in [0.15, 0.2) is 5.96 Å². The molecule has 0 atom stereocenters. The van der Waals surface area contributed by atoms with Crippen LogP contribution in [0.1, 0.15) is 21.5 Å². The third kappa shape index (κ3) is 5.99. The molecule has 0 aromatic heterocycles. The summed E-state index contributed by atoms with van der Waals surface area (Å²) in [5.41, 5.74) is 1.83. The lowest BCUT2D eigenvalue weighted by atomic mass is 10.1. The van der Waals surface area contributed by atoms with Crippen LogP contribution >= 0.6 is 0 Å². The molecule has 2 rings (SSSR count). The number of hydrogen-bond donors (Lipinski definition) is 3. The summed E-state index contributed by atoms with van der Waals surface area (Å²) in [6, 6.07) is 12.2. The number of benzene rings is 2. The minimum atomic E-state index is -0.387. The molecule has 0 unspecified atom stereocenters. The summed E-state index contributed by atoms with van der Waals surface area (Å²) in [5.74, 6) is 0.712. The fourth-order valence-corrected chi connectivity index (χ4v) is 2.44.